The van der Waals surface area contributed by atoms with E-state index in [2.05, 4.69) is 43.5 Å². The Morgan fingerprint density at radius 2 is 1.95 bits per heavy atom. The molecule has 0 saturated heterocycles. The van der Waals surface area contributed by atoms with Gasteiger partial charge in [-0.15, -0.1) is 0 Å². The Morgan fingerprint density at radius 1 is 1.30 bits per heavy atom. The van der Waals surface area contributed by atoms with E-state index in [9.17, 15) is 9.90 Å². The molecule has 0 aliphatic heterocycles. The van der Waals surface area contributed by atoms with Crippen molar-refractivity contribution in [3.63, 3.8) is 0 Å². The number of carboxylic acid groups (broad SMARTS) is 1. The van der Waals surface area contributed by atoms with Crippen LogP contribution in [0.2, 0.25) is 0 Å². The van der Waals surface area contributed by atoms with Crippen LogP contribution in [-0.2, 0) is 11.2 Å². The second-order valence-corrected chi connectivity index (χ2v) is 6.51. The molecule has 0 fully saturated rings. The van der Waals surface area contributed by atoms with Gasteiger partial charge in [-0.25, -0.2) is 0 Å². The van der Waals surface area contributed by atoms with Crippen molar-refractivity contribution in [3.05, 3.63) is 35.5 Å². The SMILES string of the molecule is Cc1cc2cc(CC(C)(C)C(=O)O)ccc2n1C(C)C. The van der Waals surface area contributed by atoms with Gasteiger partial charge in [0, 0.05) is 22.6 Å². The Hall–Kier alpha value is -1.77. The maximum absolute atomic E-state index is 11.2. The number of hydrogen-bond acceptors (Lipinski definition) is 1. The molecule has 20 heavy (non-hydrogen) atoms. The lowest BCUT2D eigenvalue weighted by Gasteiger charge is -2.19. The summed E-state index contributed by atoms with van der Waals surface area (Å²) in [5, 5.41) is 10.4. The number of aliphatic carboxylic acids is 1. The average Bonchev–Trinajstić information content (AvgIpc) is 2.63. The normalized spacial score (nSPS) is 12.3. The van der Waals surface area contributed by atoms with Crippen LogP contribution in [0.25, 0.3) is 10.9 Å². The van der Waals surface area contributed by atoms with Crippen molar-refractivity contribution < 1.29 is 9.90 Å². The number of aromatic nitrogens is 1. The van der Waals surface area contributed by atoms with E-state index in [-0.39, 0.29) is 0 Å². The first kappa shape index (κ1) is 14.6. The van der Waals surface area contributed by atoms with Crippen LogP contribution in [-0.4, -0.2) is 15.6 Å². The van der Waals surface area contributed by atoms with Crippen molar-refractivity contribution in [1.82, 2.24) is 4.57 Å². The van der Waals surface area contributed by atoms with Crippen LogP contribution in [0.5, 0.6) is 0 Å². The van der Waals surface area contributed by atoms with Crippen LogP contribution < -0.4 is 0 Å². The van der Waals surface area contributed by atoms with Gasteiger partial charge in [0.1, 0.15) is 0 Å². The van der Waals surface area contributed by atoms with Gasteiger partial charge in [-0.2, -0.15) is 0 Å². The van der Waals surface area contributed by atoms with E-state index in [0.29, 0.717) is 12.5 Å². The van der Waals surface area contributed by atoms with E-state index >= 15 is 0 Å². The molecule has 1 aromatic heterocycles. The Kier molecular flexibility index (Phi) is 3.63. The smallest absolute Gasteiger partial charge is 0.309 e. The van der Waals surface area contributed by atoms with Gasteiger partial charge < -0.3 is 9.67 Å². The highest BCUT2D eigenvalue weighted by Gasteiger charge is 2.27. The fourth-order valence-electron chi connectivity index (χ4n) is 2.80. The van der Waals surface area contributed by atoms with Crippen LogP contribution in [0, 0.1) is 12.3 Å². The molecule has 0 amide bonds. The third-order valence-electron chi connectivity index (χ3n) is 3.84. The Labute approximate surface area is 120 Å². The molecular formula is C17H23NO2. The monoisotopic (exact) mass is 273 g/mol. The van der Waals surface area contributed by atoms with Crippen molar-refractivity contribution in [2.75, 3.05) is 0 Å². The van der Waals surface area contributed by atoms with Gasteiger partial charge >= 0.3 is 5.97 Å². The first-order valence-electron chi connectivity index (χ1n) is 7.06. The molecule has 2 aromatic rings. The third-order valence-corrected chi connectivity index (χ3v) is 3.84. The van der Waals surface area contributed by atoms with Crippen molar-refractivity contribution in [2.45, 2.75) is 47.1 Å². The highest BCUT2D eigenvalue weighted by Crippen LogP contribution is 2.28. The molecule has 1 N–H and O–H groups in total. The largest absolute Gasteiger partial charge is 0.481 e. The van der Waals surface area contributed by atoms with Gasteiger partial charge in [0.15, 0.2) is 0 Å². The summed E-state index contributed by atoms with van der Waals surface area (Å²) in [7, 11) is 0. The first-order chi connectivity index (χ1) is 9.22. The number of fused-ring (bicyclic) bond motifs is 1. The van der Waals surface area contributed by atoms with Crippen LogP contribution in [0.1, 0.15) is 45.0 Å². The maximum Gasteiger partial charge on any atom is 0.309 e. The molecule has 0 bridgehead atoms. The third kappa shape index (κ3) is 2.58. The summed E-state index contributed by atoms with van der Waals surface area (Å²) in [6, 6.07) is 8.87. The number of carbonyl (C=O) groups is 1. The molecule has 1 aromatic carbocycles. The predicted molar refractivity (Wildman–Crippen MR) is 82.2 cm³/mol. The van der Waals surface area contributed by atoms with Gasteiger partial charge in [-0.3, -0.25) is 4.79 Å². The van der Waals surface area contributed by atoms with Gasteiger partial charge in [-0.05, 0) is 64.8 Å². The molecule has 108 valence electrons. The van der Waals surface area contributed by atoms with E-state index < -0.39 is 11.4 Å². The lowest BCUT2D eigenvalue weighted by Crippen LogP contribution is -2.26. The number of benzene rings is 1. The minimum atomic E-state index is -0.756. The van der Waals surface area contributed by atoms with Crippen LogP contribution in [0.15, 0.2) is 24.3 Å². The predicted octanol–water partition coefficient (Wildman–Crippen LogP) is 4.18. The van der Waals surface area contributed by atoms with Gasteiger partial charge in [0.25, 0.3) is 0 Å². The number of rotatable bonds is 4. The number of carboxylic acids is 1. The molecule has 3 nitrogen and oxygen atoms in total. The second-order valence-electron chi connectivity index (χ2n) is 6.51. The summed E-state index contributed by atoms with van der Waals surface area (Å²) in [5.41, 5.74) is 2.80. The lowest BCUT2D eigenvalue weighted by molar-refractivity contribution is -0.146. The summed E-state index contributed by atoms with van der Waals surface area (Å²) in [6.07, 6.45) is 0.546. The Balaban J connectivity index is 2.43. The average molecular weight is 273 g/mol. The minimum Gasteiger partial charge on any atom is -0.481 e. The van der Waals surface area contributed by atoms with Gasteiger partial charge in [-0.1, -0.05) is 6.07 Å². The maximum atomic E-state index is 11.2. The summed E-state index contributed by atoms with van der Waals surface area (Å²) in [4.78, 5) is 11.2. The standard InChI is InChI=1S/C17H23NO2/c1-11(2)18-12(3)8-14-9-13(6-7-15(14)18)10-17(4,5)16(19)20/h6-9,11H,10H2,1-5H3,(H,19,20). The van der Waals surface area contributed by atoms with E-state index in [0.717, 1.165) is 5.56 Å². The molecule has 0 radical (unpaired) electrons. The molecule has 0 spiro atoms. The van der Waals surface area contributed by atoms with E-state index in [1.54, 1.807) is 13.8 Å². The number of nitrogens with zero attached hydrogens (tertiary/aromatic N) is 1. The molecule has 0 unspecified atom stereocenters. The zero-order valence-electron chi connectivity index (χ0n) is 12.9. The quantitative estimate of drug-likeness (QED) is 0.907. The Bertz CT molecular complexity index is 650. The van der Waals surface area contributed by atoms with Crippen LogP contribution in [0.3, 0.4) is 0 Å². The van der Waals surface area contributed by atoms with Crippen molar-refractivity contribution in [1.29, 1.82) is 0 Å². The second kappa shape index (κ2) is 4.97. The van der Waals surface area contributed by atoms with Gasteiger partial charge in [0.05, 0.1) is 5.41 Å². The van der Waals surface area contributed by atoms with Crippen molar-refractivity contribution >= 4 is 16.9 Å². The van der Waals surface area contributed by atoms with E-state index in [1.807, 2.05) is 6.07 Å². The topological polar surface area (TPSA) is 42.2 Å². The summed E-state index contributed by atoms with van der Waals surface area (Å²) < 4.78 is 2.31. The Morgan fingerprint density at radius 3 is 2.50 bits per heavy atom. The zero-order chi connectivity index (χ0) is 15.1. The highest BCUT2D eigenvalue weighted by molar-refractivity contribution is 5.82. The van der Waals surface area contributed by atoms with Gasteiger partial charge in [0.2, 0.25) is 0 Å². The van der Waals surface area contributed by atoms with E-state index in [1.165, 1.54) is 16.6 Å². The number of aryl methyl sites for hydroxylation is 1. The molecule has 3 heteroatoms. The van der Waals surface area contributed by atoms with Crippen molar-refractivity contribution in [3.8, 4) is 0 Å². The number of hydrogen-bond donors (Lipinski definition) is 1. The summed E-state index contributed by atoms with van der Waals surface area (Å²) in [5.74, 6) is -0.756. The fourth-order valence-corrected chi connectivity index (χ4v) is 2.80. The highest BCUT2D eigenvalue weighted by atomic mass is 16.4. The van der Waals surface area contributed by atoms with Crippen LogP contribution >= 0.6 is 0 Å². The van der Waals surface area contributed by atoms with E-state index in [4.69, 9.17) is 0 Å². The summed E-state index contributed by atoms with van der Waals surface area (Å²) >= 11 is 0. The fraction of sp³-hybridized carbons (Fsp3) is 0.471. The molecule has 0 aliphatic rings. The van der Waals surface area contributed by atoms with Crippen LogP contribution in [0.4, 0.5) is 0 Å². The first-order valence-corrected chi connectivity index (χ1v) is 7.06. The molecule has 0 aliphatic carbocycles. The lowest BCUT2D eigenvalue weighted by atomic mass is 9.86. The minimum absolute atomic E-state index is 0.425. The molecule has 0 saturated carbocycles. The zero-order valence-corrected chi connectivity index (χ0v) is 12.9. The summed E-state index contributed by atoms with van der Waals surface area (Å²) in [6.45, 7) is 10.00. The molecule has 1 heterocycles. The van der Waals surface area contributed by atoms with Crippen molar-refractivity contribution in [2.24, 2.45) is 5.41 Å². The molecule has 0 atom stereocenters. The molecule has 2 rings (SSSR count). The molecular weight excluding hydrogens is 250 g/mol.